The van der Waals surface area contributed by atoms with E-state index >= 15 is 0 Å². The molecule has 7 aromatic carbocycles. The molecule has 0 heterocycles. The van der Waals surface area contributed by atoms with Crippen LogP contribution in [0.5, 0.6) is 0 Å². The van der Waals surface area contributed by atoms with E-state index in [-0.39, 0.29) is 27.6 Å². The molecule has 0 saturated carbocycles. The zero-order valence-corrected chi connectivity index (χ0v) is 36.6. The second-order valence-electron chi connectivity index (χ2n) is 16.8. The summed E-state index contributed by atoms with van der Waals surface area (Å²) in [6, 6.07) is 54.2. The summed E-state index contributed by atoms with van der Waals surface area (Å²) in [5, 5.41) is 3.83. The van der Waals surface area contributed by atoms with Crippen LogP contribution < -0.4 is 15.9 Å². The van der Waals surface area contributed by atoms with Crippen molar-refractivity contribution in [3.8, 4) is 33.4 Å². The largest absolute Gasteiger partial charge is 0.295 e. The van der Waals surface area contributed by atoms with E-state index < -0.39 is 18.0 Å². The van der Waals surface area contributed by atoms with Crippen LogP contribution in [0.4, 0.5) is 0 Å². The number of hydrogen-bond donors (Lipinski definition) is 1. The number of allylic oxidation sites excluding steroid dienone is 8. The molecule has 0 amide bonds. The van der Waals surface area contributed by atoms with E-state index in [9.17, 15) is 13.0 Å². The zero-order valence-electron chi connectivity index (χ0n) is 34.9. The van der Waals surface area contributed by atoms with Gasteiger partial charge in [-0.1, -0.05) is 234 Å². The van der Waals surface area contributed by atoms with Gasteiger partial charge in [0.05, 0.1) is 0 Å². The van der Waals surface area contributed by atoms with Gasteiger partial charge in [0.15, 0.2) is 0 Å². The van der Waals surface area contributed by atoms with Gasteiger partial charge in [0.25, 0.3) is 10.1 Å². The van der Waals surface area contributed by atoms with Crippen molar-refractivity contribution in [1.29, 1.82) is 0 Å². The van der Waals surface area contributed by atoms with Crippen molar-refractivity contribution in [3.05, 3.63) is 217 Å². The van der Waals surface area contributed by atoms with Gasteiger partial charge in [-0.2, -0.15) is 8.42 Å². The summed E-state index contributed by atoms with van der Waals surface area (Å²) in [7, 11) is -6.51. The van der Waals surface area contributed by atoms with Crippen LogP contribution in [0.1, 0.15) is 38.8 Å². The summed E-state index contributed by atoms with van der Waals surface area (Å²) < 4.78 is 39.7. The minimum Gasteiger partial charge on any atom is -0.282 e. The van der Waals surface area contributed by atoms with Gasteiger partial charge in [0, 0.05) is 26.8 Å². The van der Waals surface area contributed by atoms with Crippen LogP contribution in [-0.4, -0.2) is 13.0 Å². The van der Waals surface area contributed by atoms with Gasteiger partial charge in [-0.25, -0.2) is 0 Å². The van der Waals surface area contributed by atoms with Crippen LogP contribution >= 0.6 is 7.92 Å². The van der Waals surface area contributed by atoms with Crippen LogP contribution in [0.25, 0.3) is 44.2 Å². The van der Waals surface area contributed by atoms with E-state index in [2.05, 4.69) is 179 Å². The van der Waals surface area contributed by atoms with Crippen LogP contribution in [0.15, 0.2) is 211 Å². The van der Waals surface area contributed by atoms with Gasteiger partial charge in [-0.3, -0.25) is 4.55 Å². The fraction of sp³-hybridized carbons (Fsp3) is 0.143. The predicted octanol–water partition coefficient (Wildman–Crippen LogP) is 12.9. The Balaban J connectivity index is 1.48. The quantitative estimate of drug-likeness (QED) is 0.116. The lowest BCUT2D eigenvalue weighted by atomic mass is 9.68. The molecule has 0 bridgehead atoms. The minimum atomic E-state index is -4.76. The van der Waals surface area contributed by atoms with E-state index in [1.54, 1.807) is 0 Å². The van der Waals surface area contributed by atoms with Crippen LogP contribution in [0.2, 0.25) is 0 Å². The smallest absolute Gasteiger partial charge is 0.282 e. The zero-order chi connectivity index (χ0) is 42.4. The highest BCUT2D eigenvalue weighted by Crippen LogP contribution is 2.50. The minimum absolute atomic E-state index is 0.0521. The van der Waals surface area contributed by atoms with Crippen molar-refractivity contribution < 1.29 is 13.0 Å². The van der Waals surface area contributed by atoms with Gasteiger partial charge in [-0.15, -0.1) is 0 Å². The Hall–Kier alpha value is -5.90. The van der Waals surface area contributed by atoms with Crippen LogP contribution in [0, 0.1) is 11.8 Å². The van der Waals surface area contributed by atoms with Crippen molar-refractivity contribution in [2.24, 2.45) is 11.8 Å². The summed E-state index contributed by atoms with van der Waals surface area (Å²) in [6.45, 7) is 9.17. The third-order valence-electron chi connectivity index (χ3n) is 13.2. The fourth-order valence-corrected chi connectivity index (χ4v) is 13.8. The molecule has 0 spiro atoms. The summed E-state index contributed by atoms with van der Waals surface area (Å²) in [6.07, 6.45) is 17.7. The van der Waals surface area contributed by atoms with Gasteiger partial charge in [0.2, 0.25) is 0 Å². The van der Waals surface area contributed by atoms with Crippen molar-refractivity contribution in [3.63, 3.8) is 0 Å². The van der Waals surface area contributed by atoms with Crippen molar-refractivity contribution >= 4 is 44.7 Å². The average molecular weight is 833 g/mol. The molecular weight excluding hydrogens is 784 g/mol. The first kappa shape index (κ1) is 40.5. The second kappa shape index (κ2) is 16.2. The lowest BCUT2D eigenvalue weighted by molar-refractivity contribution is 0.459. The predicted molar refractivity (Wildman–Crippen MR) is 258 cm³/mol. The Bertz CT molecular complexity index is 2930. The average Bonchev–Trinajstić information content (AvgIpc) is 3.28. The molecule has 5 atom stereocenters. The molecule has 2 aliphatic carbocycles. The molecule has 0 saturated heterocycles. The van der Waals surface area contributed by atoms with E-state index in [0.717, 1.165) is 49.4 Å². The number of benzene rings is 7. The number of hydrogen-bond acceptors (Lipinski definition) is 2. The Morgan fingerprint density at radius 1 is 0.492 bits per heavy atom. The molecular formula is C56H49O3PS. The topological polar surface area (TPSA) is 54.4 Å². The molecule has 0 aromatic heterocycles. The third kappa shape index (κ3) is 7.17. The summed E-state index contributed by atoms with van der Waals surface area (Å²) in [4.78, 5) is -0.0521. The Labute approximate surface area is 362 Å². The van der Waals surface area contributed by atoms with Crippen molar-refractivity contribution in [1.82, 2.24) is 0 Å². The third-order valence-corrected chi connectivity index (χ3v) is 17.0. The maximum Gasteiger partial charge on any atom is 0.295 e. The van der Waals surface area contributed by atoms with E-state index in [1.165, 1.54) is 11.1 Å². The Morgan fingerprint density at radius 2 is 0.984 bits per heavy atom. The fourth-order valence-electron chi connectivity index (χ4n) is 9.52. The standard InChI is InChI=1S/C56H49O3PS/c1-39-21-16-18-37-55(39,3)49-32-13-10-28-45(49)47-30-20-31-48(46-29-11-14-33-50(46)56(4)38-19-17-22-40(56)2)53(47)60(51-34-15-12-26-43(51)41-23-6-5-7-24-41)52-36-35-42-25-8-9-27-44(42)54(52)61(57,58)59/h5-40H,1-4H3,(H,57,58,59). The molecule has 0 radical (unpaired) electrons. The maximum atomic E-state index is 14.1. The van der Waals surface area contributed by atoms with Crippen LogP contribution in [-0.2, 0) is 20.9 Å². The molecule has 1 N–H and O–H groups in total. The molecule has 7 aromatic rings. The first-order valence-electron chi connectivity index (χ1n) is 21.0. The van der Waals surface area contributed by atoms with Gasteiger partial charge < -0.3 is 0 Å². The molecule has 9 rings (SSSR count). The highest BCUT2D eigenvalue weighted by molar-refractivity contribution is 7.88. The molecule has 2 aliphatic rings. The van der Waals surface area contributed by atoms with E-state index in [4.69, 9.17) is 0 Å². The highest BCUT2D eigenvalue weighted by atomic mass is 32.2. The molecule has 0 aliphatic heterocycles. The van der Waals surface area contributed by atoms with E-state index in [0.29, 0.717) is 10.7 Å². The lowest BCUT2D eigenvalue weighted by Crippen LogP contribution is -2.32. The van der Waals surface area contributed by atoms with Gasteiger partial charge in [-0.05, 0) is 75.0 Å². The number of fused-ring (bicyclic) bond motifs is 1. The molecule has 61 heavy (non-hydrogen) atoms. The molecule has 302 valence electrons. The molecule has 5 unspecified atom stereocenters. The van der Waals surface area contributed by atoms with Gasteiger partial charge in [0.1, 0.15) is 4.90 Å². The van der Waals surface area contributed by atoms with Crippen molar-refractivity contribution in [2.75, 3.05) is 0 Å². The Morgan fingerprint density at radius 3 is 1.56 bits per heavy atom. The summed E-state index contributed by atoms with van der Waals surface area (Å²) >= 11 is 0. The number of rotatable bonds is 9. The molecule has 5 heteroatoms. The maximum absolute atomic E-state index is 14.1. The monoisotopic (exact) mass is 832 g/mol. The summed E-state index contributed by atoms with van der Waals surface area (Å²) in [5.41, 5.74) is 7.99. The molecule has 0 fully saturated rings. The first-order chi connectivity index (χ1) is 29.5. The second-order valence-corrected chi connectivity index (χ2v) is 20.2. The lowest BCUT2D eigenvalue weighted by Gasteiger charge is -2.37. The van der Waals surface area contributed by atoms with E-state index in [1.807, 2.05) is 54.6 Å². The van der Waals surface area contributed by atoms with Crippen molar-refractivity contribution in [2.45, 2.75) is 43.4 Å². The first-order valence-corrected chi connectivity index (χ1v) is 23.8. The van der Waals surface area contributed by atoms with Gasteiger partial charge >= 0.3 is 0 Å². The van der Waals surface area contributed by atoms with Crippen LogP contribution in [0.3, 0.4) is 0 Å². The normalized spacial score (nSPS) is 21.5. The summed E-state index contributed by atoms with van der Waals surface area (Å²) in [5.74, 6) is 0.427. The SMILES string of the molecule is CC1C=CC=CC1(C)c1ccccc1-c1cccc(-c2ccccc2C2(C)C=CC=CC2C)c1P(c1ccccc1-c1ccccc1)c1ccc2ccccc2c1S(=O)(=O)O. The Kier molecular flexibility index (Phi) is 10.7. The highest BCUT2D eigenvalue weighted by Gasteiger charge is 2.38. The molecule has 3 nitrogen and oxygen atoms in total.